The van der Waals surface area contributed by atoms with Crippen molar-refractivity contribution in [2.75, 3.05) is 13.2 Å². The van der Waals surface area contributed by atoms with Gasteiger partial charge in [-0.3, -0.25) is 4.79 Å². The highest BCUT2D eigenvalue weighted by molar-refractivity contribution is 5.80. The number of para-hydroxylation sites is 1. The number of nitrogens with one attached hydrogen (secondary N) is 1. The van der Waals surface area contributed by atoms with Gasteiger partial charge in [0.25, 0.3) is 0 Å². The van der Waals surface area contributed by atoms with Crippen molar-refractivity contribution < 1.29 is 23.0 Å². The van der Waals surface area contributed by atoms with Gasteiger partial charge in [-0.2, -0.15) is 8.78 Å². The lowest BCUT2D eigenvalue weighted by molar-refractivity contribution is -0.130. The van der Waals surface area contributed by atoms with Crippen LogP contribution in [0.4, 0.5) is 8.78 Å². The molecule has 1 aliphatic heterocycles. The van der Waals surface area contributed by atoms with Gasteiger partial charge in [0.1, 0.15) is 11.9 Å². The molecule has 0 saturated carbocycles. The van der Waals surface area contributed by atoms with Gasteiger partial charge in [-0.1, -0.05) is 18.2 Å². The summed E-state index contributed by atoms with van der Waals surface area (Å²) >= 11 is 0. The number of amides is 1. The maximum Gasteiger partial charge on any atom is 0.387 e. The summed E-state index contributed by atoms with van der Waals surface area (Å²) in [6, 6.07) is 6.57. The van der Waals surface area contributed by atoms with E-state index in [1.54, 1.807) is 18.2 Å². The third kappa shape index (κ3) is 4.16. The number of alkyl halides is 2. The number of halogens is 2. The number of carbonyl (C=O) groups is 1. The highest BCUT2D eigenvalue weighted by atomic mass is 19.3. The molecule has 1 saturated heterocycles. The van der Waals surface area contributed by atoms with Gasteiger partial charge in [0, 0.05) is 13.2 Å². The van der Waals surface area contributed by atoms with Crippen LogP contribution in [0.5, 0.6) is 5.75 Å². The molecule has 1 aromatic carbocycles. The van der Waals surface area contributed by atoms with Crippen LogP contribution >= 0.6 is 0 Å². The Kier molecular flexibility index (Phi) is 5.29. The Bertz CT molecular complexity index is 448. The second-order valence-corrected chi connectivity index (χ2v) is 4.53. The lowest BCUT2D eigenvalue weighted by Gasteiger charge is -2.12. The van der Waals surface area contributed by atoms with E-state index in [4.69, 9.17) is 4.74 Å². The van der Waals surface area contributed by atoms with Crippen molar-refractivity contribution in [3.63, 3.8) is 0 Å². The SMILES string of the molecule is O=C(NCCc1ccccc1OC(F)F)[C@H]1CCCO1. The van der Waals surface area contributed by atoms with Gasteiger partial charge in [0.2, 0.25) is 5.91 Å². The second-order valence-electron chi connectivity index (χ2n) is 4.53. The maximum absolute atomic E-state index is 12.2. The largest absolute Gasteiger partial charge is 0.435 e. The van der Waals surface area contributed by atoms with E-state index in [1.165, 1.54) is 6.07 Å². The van der Waals surface area contributed by atoms with Crippen LogP contribution in [0, 0.1) is 0 Å². The third-order valence-electron chi connectivity index (χ3n) is 3.10. The fourth-order valence-electron chi connectivity index (χ4n) is 2.14. The van der Waals surface area contributed by atoms with Crippen LogP contribution in [0.2, 0.25) is 0 Å². The third-order valence-corrected chi connectivity index (χ3v) is 3.10. The minimum atomic E-state index is -2.85. The first-order valence-electron chi connectivity index (χ1n) is 6.59. The van der Waals surface area contributed by atoms with E-state index in [2.05, 4.69) is 10.1 Å². The Labute approximate surface area is 116 Å². The molecular weight excluding hydrogens is 268 g/mol. The van der Waals surface area contributed by atoms with Gasteiger partial charge in [0.05, 0.1) is 0 Å². The lowest BCUT2D eigenvalue weighted by Crippen LogP contribution is -2.35. The Morgan fingerprint density at radius 3 is 2.95 bits per heavy atom. The van der Waals surface area contributed by atoms with Crippen LogP contribution in [0.15, 0.2) is 24.3 Å². The predicted molar refractivity (Wildman–Crippen MR) is 68.8 cm³/mol. The van der Waals surface area contributed by atoms with E-state index in [0.29, 0.717) is 25.1 Å². The number of rotatable bonds is 6. The smallest absolute Gasteiger partial charge is 0.387 e. The lowest BCUT2D eigenvalue weighted by atomic mass is 10.1. The highest BCUT2D eigenvalue weighted by Crippen LogP contribution is 2.20. The van der Waals surface area contributed by atoms with Gasteiger partial charge in [-0.15, -0.1) is 0 Å². The van der Waals surface area contributed by atoms with E-state index in [0.717, 1.165) is 12.8 Å². The Balaban J connectivity index is 1.82. The van der Waals surface area contributed by atoms with Gasteiger partial charge in [-0.05, 0) is 30.9 Å². The van der Waals surface area contributed by atoms with Crippen molar-refractivity contribution in [2.45, 2.75) is 32.0 Å². The van der Waals surface area contributed by atoms with Crippen molar-refractivity contribution in [1.82, 2.24) is 5.32 Å². The van der Waals surface area contributed by atoms with Crippen molar-refractivity contribution in [3.8, 4) is 5.75 Å². The molecule has 0 unspecified atom stereocenters. The fraction of sp³-hybridized carbons (Fsp3) is 0.500. The average Bonchev–Trinajstić information content (AvgIpc) is 2.94. The Morgan fingerprint density at radius 1 is 1.45 bits per heavy atom. The van der Waals surface area contributed by atoms with Crippen LogP contribution < -0.4 is 10.1 Å². The van der Waals surface area contributed by atoms with Crippen LogP contribution in [0.3, 0.4) is 0 Å². The van der Waals surface area contributed by atoms with Gasteiger partial charge in [0.15, 0.2) is 0 Å². The predicted octanol–water partition coefficient (Wildman–Crippen LogP) is 2.13. The van der Waals surface area contributed by atoms with Crippen LogP contribution in [-0.2, 0) is 16.0 Å². The summed E-state index contributed by atoms with van der Waals surface area (Å²) in [7, 11) is 0. The van der Waals surface area contributed by atoms with E-state index in [9.17, 15) is 13.6 Å². The van der Waals surface area contributed by atoms with Crippen LogP contribution in [0.25, 0.3) is 0 Å². The van der Waals surface area contributed by atoms with Crippen LogP contribution in [-0.4, -0.2) is 31.8 Å². The number of hydrogen-bond donors (Lipinski definition) is 1. The molecule has 1 N–H and O–H groups in total. The molecule has 0 aromatic heterocycles. The van der Waals surface area contributed by atoms with Crippen molar-refractivity contribution in [2.24, 2.45) is 0 Å². The molecule has 4 nitrogen and oxygen atoms in total. The zero-order chi connectivity index (χ0) is 14.4. The van der Waals surface area contributed by atoms with Crippen molar-refractivity contribution >= 4 is 5.91 Å². The summed E-state index contributed by atoms with van der Waals surface area (Å²) < 4.78 is 34.2. The molecule has 110 valence electrons. The van der Waals surface area contributed by atoms with Gasteiger partial charge >= 0.3 is 6.61 Å². The monoisotopic (exact) mass is 285 g/mol. The van der Waals surface area contributed by atoms with E-state index < -0.39 is 6.61 Å². The van der Waals surface area contributed by atoms with Crippen molar-refractivity contribution in [3.05, 3.63) is 29.8 Å². The zero-order valence-corrected chi connectivity index (χ0v) is 11.0. The summed E-state index contributed by atoms with van der Waals surface area (Å²) in [6.45, 7) is -1.87. The fourth-order valence-corrected chi connectivity index (χ4v) is 2.14. The molecular formula is C14H17F2NO3. The average molecular weight is 285 g/mol. The summed E-state index contributed by atoms with van der Waals surface area (Å²) in [6.07, 6.45) is 1.68. The minimum absolute atomic E-state index is 0.144. The normalized spacial score (nSPS) is 18.2. The first-order valence-corrected chi connectivity index (χ1v) is 6.59. The van der Waals surface area contributed by atoms with E-state index >= 15 is 0 Å². The maximum atomic E-state index is 12.2. The second kappa shape index (κ2) is 7.19. The molecule has 0 bridgehead atoms. The van der Waals surface area contributed by atoms with Crippen LogP contribution in [0.1, 0.15) is 18.4 Å². The topological polar surface area (TPSA) is 47.6 Å². The first-order chi connectivity index (χ1) is 9.66. The standard InChI is InChI=1S/C14H17F2NO3/c15-14(16)20-11-5-2-1-4-10(11)7-8-17-13(18)12-6-3-9-19-12/h1-2,4-5,12,14H,3,6-9H2,(H,17,18)/t12-/m1/s1. The molecule has 1 atom stereocenters. The molecule has 1 heterocycles. The minimum Gasteiger partial charge on any atom is -0.435 e. The molecule has 1 amide bonds. The number of hydrogen-bond acceptors (Lipinski definition) is 3. The molecule has 1 fully saturated rings. The quantitative estimate of drug-likeness (QED) is 0.871. The molecule has 0 aliphatic carbocycles. The number of carbonyl (C=O) groups excluding carboxylic acids is 1. The van der Waals surface area contributed by atoms with Gasteiger partial charge in [-0.25, -0.2) is 0 Å². The summed E-state index contributed by atoms with van der Waals surface area (Å²) in [5.41, 5.74) is 0.639. The van der Waals surface area contributed by atoms with E-state index in [1.807, 2.05) is 0 Å². The molecule has 20 heavy (non-hydrogen) atoms. The first kappa shape index (κ1) is 14.7. The Morgan fingerprint density at radius 2 is 2.25 bits per heavy atom. The molecule has 1 aliphatic rings. The Hall–Kier alpha value is -1.69. The van der Waals surface area contributed by atoms with Crippen molar-refractivity contribution in [1.29, 1.82) is 0 Å². The number of ether oxygens (including phenoxy) is 2. The van der Waals surface area contributed by atoms with E-state index in [-0.39, 0.29) is 17.8 Å². The molecule has 0 radical (unpaired) electrons. The zero-order valence-electron chi connectivity index (χ0n) is 11.0. The molecule has 0 spiro atoms. The summed E-state index contributed by atoms with van der Waals surface area (Å²) in [5, 5.41) is 2.75. The molecule has 2 rings (SSSR count). The highest BCUT2D eigenvalue weighted by Gasteiger charge is 2.22. The molecule has 6 heteroatoms. The summed E-state index contributed by atoms with van der Waals surface area (Å²) in [5.74, 6) is 0.00336. The number of benzene rings is 1. The molecule has 1 aromatic rings. The van der Waals surface area contributed by atoms with Gasteiger partial charge < -0.3 is 14.8 Å². The summed E-state index contributed by atoms with van der Waals surface area (Å²) in [4.78, 5) is 11.7.